The fourth-order valence-corrected chi connectivity index (χ4v) is 6.47. The van der Waals surface area contributed by atoms with Crippen molar-refractivity contribution in [2.75, 3.05) is 5.32 Å². The zero-order valence-electron chi connectivity index (χ0n) is 24.8. The maximum atomic E-state index is 4.71. The molecule has 1 N–H and O–H groups in total. The van der Waals surface area contributed by atoms with Gasteiger partial charge in [-0.2, -0.15) is 9.15 Å². The number of para-hydroxylation sites is 3. The van der Waals surface area contributed by atoms with Crippen LogP contribution in [0.2, 0.25) is 0 Å². The molecular weight excluding hydrogens is 564 g/mol. The van der Waals surface area contributed by atoms with Gasteiger partial charge in [-0.05, 0) is 65.7 Å². The normalized spacial score (nSPS) is 11.5. The topological polar surface area (TPSA) is 51.6 Å². The Morgan fingerprint density at radius 2 is 1.30 bits per heavy atom. The molecule has 46 heavy (non-hydrogen) atoms. The molecule has 5 aromatic carbocycles. The van der Waals surface area contributed by atoms with Gasteiger partial charge in [0, 0.05) is 57.4 Å². The molecule has 0 fully saturated rings. The number of hydrogen-bond acceptors (Lipinski definition) is 3. The van der Waals surface area contributed by atoms with E-state index in [1.165, 1.54) is 38.6 Å². The Balaban J connectivity index is 1.07. The molecule has 6 heteroatoms. The smallest absolute Gasteiger partial charge is 0.248 e. The number of fused-ring (bicyclic) bond motifs is 4. The van der Waals surface area contributed by atoms with E-state index in [4.69, 9.17) is 5.10 Å². The van der Waals surface area contributed by atoms with Crippen LogP contribution >= 0.6 is 0 Å². The molecule has 0 aliphatic carbocycles. The molecule has 4 heterocycles. The largest absolute Gasteiger partial charge is 0.322 e. The van der Waals surface area contributed by atoms with Crippen LogP contribution in [0.5, 0.6) is 0 Å². The highest BCUT2D eigenvalue weighted by Gasteiger charge is 2.16. The van der Waals surface area contributed by atoms with E-state index in [1.807, 2.05) is 41.3 Å². The van der Waals surface area contributed by atoms with Crippen LogP contribution in [0.1, 0.15) is 0 Å². The molecule has 0 spiro atoms. The molecule has 6 nitrogen and oxygen atoms in total. The number of pyridine rings is 1. The van der Waals surface area contributed by atoms with Gasteiger partial charge in [0.15, 0.2) is 0 Å². The lowest BCUT2D eigenvalue weighted by Gasteiger charge is -2.20. The van der Waals surface area contributed by atoms with E-state index in [1.54, 1.807) is 6.20 Å². The highest BCUT2D eigenvalue weighted by molar-refractivity contribution is 6.10. The van der Waals surface area contributed by atoms with Crippen LogP contribution in [0.3, 0.4) is 0 Å². The van der Waals surface area contributed by atoms with Crippen molar-refractivity contribution in [2.24, 2.45) is 0 Å². The molecule has 9 rings (SSSR count). The number of anilines is 2. The summed E-state index contributed by atoms with van der Waals surface area (Å²) >= 11 is 0. The van der Waals surface area contributed by atoms with Crippen molar-refractivity contribution in [3.05, 3.63) is 164 Å². The molecule has 0 atom stereocenters. The fourth-order valence-electron chi connectivity index (χ4n) is 6.47. The Bertz CT molecular complexity index is 2490. The lowest BCUT2D eigenvalue weighted by atomic mass is 10.0. The van der Waals surface area contributed by atoms with Crippen LogP contribution in [0.25, 0.3) is 61.0 Å². The van der Waals surface area contributed by atoms with Gasteiger partial charge in [-0.3, -0.25) is 4.98 Å². The number of hydrogen-bond donors (Lipinski definition) is 1. The van der Waals surface area contributed by atoms with Gasteiger partial charge in [-0.1, -0.05) is 91.0 Å². The Labute approximate surface area is 265 Å². The summed E-state index contributed by atoms with van der Waals surface area (Å²) in [7, 11) is 0. The minimum atomic E-state index is 0.760. The van der Waals surface area contributed by atoms with Crippen molar-refractivity contribution >= 4 is 33.4 Å². The molecule has 9 aromatic rings. The highest BCUT2D eigenvalue weighted by Crippen LogP contribution is 2.36. The average Bonchev–Trinajstić information content (AvgIpc) is 3.45. The van der Waals surface area contributed by atoms with E-state index in [0.29, 0.717) is 0 Å². The third-order valence-electron chi connectivity index (χ3n) is 8.65. The monoisotopic (exact) mass is 592 g/mol. The van der Waals surface area contributed by atoms with Gasteiger partial charge in [0.25, 0.3) is 0 Å². The summed E-state index contributed by atoms with van der Waals surface area (Å²) in [6.45, 7) is 0. The van der Waals surface area contributed by atoms with Crippen molar-refractivity contribution in [3.63, 3.8) is 0 Å². The third-order valence-corrected chi connectivity index (χ3v) is 8.65. The Morgan fingerprint density at radius 1 is 0.543 bits per heavy atom. The van der Waals surface area contributed by atoms with Crippen LogP contribution in [0, 0.1) is 0 Å². The summed E-state index contributed by atoms with van der Waals surface area (Å²) in [6.07, 6.45) is 5.63. The van der Waals surface area contributed by atoms with Gasteiger partial charge >= 0.3 is 0 Å². The van der Waals surface area contributed by atoms with Gasteiger partial charge in [0.1, 0.15) is 0 Å². The van der Waals surface area contributed by atoms with E-state index in [0.717, 1.165) is 34.0 Å². The van der Waals surface area contributed by atoms with Crippen LogP contribution in [-0.2, 0) is 0 Å². The zero-order valence-corrected chi connectivity index (χ0v) is 24.8. The first-order valence-corrected chi connectivity index (χ1v) is 15.3. The summed E-state index contributed by atoms with van der Waals surface area (Å²) in [4.78, 5) is 4.31. The van der Waals surface area contributed by atoms with Crippen LogP contribution < -0.4 is 5.32 Å². The summed E-state index contributed by atoms with van der Waals surface area (Å²) in [5.74, 6) is 0.760. The maximum Gasteiger partial charge on any atom is 0.248 e. The Morgan fingerprint density at radius 3 is 2.17 bits per heavy atom. The lowest BCUT2D eigenvalue weighted by Crippen LogP contribution is -2.20. The first-order valence-electron chi connectivity index (χ1n) is 15.3. The second-order valence-electron chi connectivity index (χ2n) is 11.4. The standard InChI is InChI=1S/C40H28N6/c1-2-11-32(12-3-1)45-38-16-7-5-14-34(38)35-26-30(22-23-39(35)45)28-18-20-29(21-19-28)37-17-9-25-44-43-40(46(37)44)42-36-15-6-4-13-33(36)31-10-8-24-41-27-31/h1-27H,(H,42,43). The second kappa shape index (κ2) is 10.6. The molecule has 0 aliphatic rings. The van der Waals surface area contributed by atoms with Crippen molar-refractivity contribution in [1.82, 2.24) is 23.8 Å². The fraction of sp³-hybridized carbons (Fsp3) is 0. The molecule has 0 amide bonds. The van der Waals surface area contributed by atoms with Gasteiger partial charge in [-0.15, -0.1) is 5.10 Å². The van der Waals surface area contributed by atoms with Gasteiger partial charge in [-0.25, -0.2) is 0 Å². The summed E-state index contributed by atoms with van der Waals surface area (Å²) < 4.78 is 6.30. The van der Waals surface area contributed by atoms with Crippen LogP contribution in [0.15, 0.2) is 164 Å². The summed E-state index contributed by atoms with van der Waals surface area (Å²) in [5.41, 5.74) is 11.2. The number of nitrogens with one attached hydrogen (secondary N) is 1. The van der Waals surface area contributed by atoms with E-state index in [-0.39, 0.29) is 0 Å². The second-order valence-corrected chi connectivity index (χ2v) is 11.4. The summed E-state index contributed by atoms with van der Waals surface area (Å²) in [6, 6.07) is 51.2. The first kappa shape index (κ1) is 26.0. The first-order chi connectivity index (χ1) is 22.8. The van der Waals surface area contributed by atoms with Gasteiger partial charge in [0.2, 0.25) is 5.95 Å². The minimum absolute atomic E-state index is 0.760. The van der Waals surface area contributed by atoms with Crippen molar-refractivity contribution in [2.45, 2.75) is 0 Å². The van der Waals surface area contributed by atoms with Crippen molar-refractivity contribution in [3.8, 4) is 39.2 Å². The molecule has 4 aromatic heterocycles. The molecule has 0 radical (unpaired) electrons. The van der Waals surface area contributed by atoms with E-state index in [9.17, 15) is 0 Å². The quantitative estimate of drug-likeness (QED) is 0.209. The minimum Gasteiger partial charge on any atom is -0.322 e. The van der Waals surface area contributed by atoms with Gasteiger partial charge < -0.3 is 9.88 Å². The molecule has 0 aliphatic heterocycles. The summed E-state index contributed by atoms with van der Waals surface area (Å²) in [5, 5.41) is 10.8. The molecular formula is C40H28N6. The molecule has 0 bridgehead atoms. The zero-order chi connectivity index (χ0) is 30.5. The predicted octanol–water partition coefficient (Wildman–Crippen LogP) is 9.67. The molecule has 0 unspecified atom stereocenters. The lowest BCUT2D eigenvalue weighted by molar-refractivity contribution is 0.606. The SMILES string of the molecule is c1ccc(-n2c3ccccc3c3cc(-c4ccc(-c5cccn6nc(Nc7ccccc7-c7cccnc7)n56)cc4)ccc32)cc1. The Kier molecular flexibility index (Phi) is 6.03. The number of nitrogens with zero attached hydrogens (tertiary/aromatic N) is 5. The molecule has 218 valence electrons. The predicted molar refractivity (Wildman–Crippen MR) is 187 cm³/mol. The maximum absolute atomic E-state index is 4.71. The van der Waals surface area contributed by atoms with Crippen LogP contribution in [0.4, 0.5) is 11.6 Å². The van der Waals surface area contributed by atoms with Crippen molar-refractivity contribution < 1.29 is 0 Å². The third kappa shape index (κ3) is 4.27. The van der Waals surface area contributed by atoms with E-state index < -0.39 is 0 Å². The number of rotatable bonds is 6. The Hall–Kier alpha value is -6.40. The van der Waals surface area contributed by atoms with E-state index in [2.05, 4.69) is 141 Å². The van der Waals surface area contributed by atoms with E-state index >= 15 is 0 Å². The highest BCUT2D eigenvalue weighted by atomic mass is 15.6. The average molecular weight is 593 g/mol. The van der Waals surface area contributed by atoms with Gasteiger partial charge in [0.05, 0.1) is 16.7 Å². The van der Waals surface area contributed by atoms with Crippen molar-refractivity contribution in [1.29, 1.82) is 0 Å². The number of benzene rings is 5. The molecule has 0 saturated carbocycles. The van der Waals surface area contributed by atoms with Crippen LogP contribution in [-0.4, -0.2) is 23.8 Å². The molecule has 0 saturated heterocycles. The number of aromatic nitrogens is 5.